The summed E-state index contributed by atoms with van der Waals surface area (Å²) < 4.78 is 1.65. The summed E-state index contributed by atoms with van der Waals surface area (Å²) in [6.45, 7) is 0. The Balaban J connectivity index is 1.88. The highest BCUT2D eigenvalue weighted by atomic mass is 32.1. The first-order chi connectivity index (χ1) is 9.88. The number of aldehydes is 1. The van der Waals surface area contributed by atoms with E-state index in [9.17, 15) is 4.79 Å². The summed E-state index contributed by atoms with van der Waals surface area (Å²) in [5.41, 5.74) is 2.41. The standard InChI is InChI=1S/C14H12N4OS/c19-10-12-13(7-6-11-4-2-1-3-5-11)18(17-16-12)14-15-8-9-20-14/h1-5,8-10H,6-7H2. The maximum Gasteiger partial charge on any atom is 0.211 e. The van der Waals surface area contributed by atoms with Gasteiger partial charge in [0.15, 0.2) is 6.29 Å². The van der Waals surface area contributed by atoms with Crippen LogP contribution in [0.25, 0.3) is 5.13 Å². The molecular weight excluding hydrogens is 272 g/mol. The van der Waals surface area contributed by atoms with Crippen molar-refractivity contribution >= 4 is 17.6 Å². The van der Waals surface area contributed by atoms with E-state index in [0.717, 1.165) is 23.5 Å². The van der Waals surface area contributed by atoms with Crippen LogP contribution in [-0.4, -0.2) is 26.3 Å². The van der Waals surface area contributed by atoms with Gasteiger partial charge in [-0.05, 0) is 18.4 Å². The van der Waals surface area contributed by atoms with Gasteiger partial charge < -0.3 is 0 Å². The maximum absolute atomic E-state index is 11.1. The van der Waals surface area contributed by atoms with Gasteiger partial charge in [0.1, 0.15) is 5.69 Å². The molecule has 0 radical (unpaired) electrons. The molecule has 0 amide bonds. The molecule has 3 rings (SSSR count). The van der Waals surface area contributed by atoms with Gasteiger partial charge in [-0.25, -0.2) is 4.98 Å². The highest BCUT2D eigenvalue weighted by molar-refractivity contribution is 7.12. The van der Waals surface area contributed by atoms with Crippen LogP contribution < -0.4 is 0 Å². The van der Waals surface area contributed by atoms with E-state index in [-0.39, 0.29) is 0 Å². The Kier molecular flexibility index (Phi) is 3.64. The van der Waals surface area contributed by atoms with Gasteiger partial charge in [0.05, 0.1) is 5.69 Å². The van der Waals surface area contributed by atoms with E-state index in [4.69, 9.17) is 0 Å². The number of aromatic nitrogens is 4. The van der Waals surface area contributed by atoms with Crippen molar-refractivity contribution in [2.24, 2.45) is 0 Å². The number of carbonyl (C=O) groups is 1. The van der Waals surface area contributed by atoms with E-state index in [2.05, 4.69) is 27.4 Å². The van der Waals surface area contributed by atoms with Crippen molar-refractivity contribution in [1.29, 1.82) is 0 Å². The third kappa shape index (κ3) is 2.50. The second-order valence-electron chi connectivity index (χ2n) is 4.25. The molecule has 0 saturated carbocycles. The van der Waals surface area contributed by atoms with Crippen LogP contribution in [0.3, 0.4) is 0 Å². The number of hydrogen-bond acceptors (Lipinski definition) is 5. The fourth-order valence-corrected chi connectivity index (χ4v) is 2.63. The minimum absolute atomic E-state index is 0.385. The summed E-state index contributed by atoms with van der Waals surface area (Å²) in [6.07, 6.45) is 3.99. The molecule has 6 heteroatoms. The van der Waals surface area contributed by atoms with Gasteiger partial charge in [-0.1, -0.05) is 35.5 Å². The monoisotopic (exact) mass is 284 g/mol. The number of benzene rings is 1. The largest absolute Gasteiger partial charge is 0.296 e. The molecule has 0 bridgehead atoms. The smallest absolute Gasteiger partial charge is 0.211 e. The average molecular weight is 284 g/mol. The van der Waals surface area contributed by atoms with Crippen LogP contribution >= 0.6 is 11.3 Å². The molecule has 0 spiro atoms. The van der Waals surface area contributed by atoms with E-state index in [1.54, 1.807) is 10.9 Å². The van der Waals surface area contributed by atoms with Gasteiger partial charge in [0.2, 0.25) is 5.13 Å². The minimum atomic E-state index is 0.385. The molecule has 3 aromatic rings. The summed E-state index contributed by atoms with van der Waals surface area (Å²) in [7, 11) is 0. The van der Waals surface area contributed by atoms with E-state index in [1.807, 2.05) is 23.6 Å². The lowest BCUT2D eigenvalue weighted by Crippen LogP contribution is -2.05. The first-order valence-corrected chi connectivity index (χ1v) is 7.10. The second kappa shape index (κ2) is 5.75. The van der Waals surface area contributed by atoms with Crippen LogP contribution in [0.1, 0.15) is 21.7 Å². The molecular formula is C14H12N4OS. The highest BCUT2D eigenvalue weighted by Crippen LogP contribution is 2.16. The molecule has 100 valence electrons. The van der Waals surface area contributed by atoms with Crippen molar-refractivity contribution < 1.29 is 4.79 Å². The maximum atomic E-state index is 11.1. The van der Waals surface area contributed by atoms with Crippen molar-refractivity contribution in [3.8, 4) is 5.13 Å². The summed E-state index contributed by atoms with van der Waals surface area (Å²) >= 11 is 1.47. The Morgan fingerprint density at radius 1 is 1.20 bits per heavy atom. The molecule has 0 atom stereocenters. The SMILES string of the molecule is O=Cc1nnn(-c2nccs2)c1CCc1ccccc1. The van der Waals surface area contributed by atoms with Crippen LogP contribution in [0.2, 0.25) is 0 Å². The molecule has 20 heavy (non-hydrogen) atoms. The Hall–Kier alpha value is -2.34. The molecule has 2 aromatic heterocycles. The van der Waals surface area contributed by atoms with Crippen molar-refractivity contribution in [3.63, 3.8) is 0 Å². The summed E-state index contributed by atoms with van der Waals surface area (Å²) in [5, 5.41) is 10.5. The van der Waals surface area contributed by atoms with Crippen LogP contribution in [-0.2, 0) is 12.8 Å². The van der Waals surface area contributed by atoms with Gasteiger partial charge in [0, 0.05) is 11.6 Å². The van der Waals surface area contributed by atoms with Crippen molar-refractivity contribution in [3.05, 3.63) is 58.9 Å². The summed E-state index contributed by atoms with van der Waals surface area (Å²) in [5.74, 6) is 0. The molecule has 0 saturated heterocycles. The normalized spacial score (nSPS) is 10.6. The fourth-order valence-electron chi connectivity index (χ4n) is 2.02. The first-order valence-electron chi connectivity index (χ1n) is 6.22. The Morgan fingerprint density at radius 3 is 2.75 bits per heavy atom. The fraction of sp³-hybridized carbons (Fsp3) is 0.143. The topological polar surface area (TPSA) is 60.7 Å². The van der Waals surface area contributed by atoms with E-state index < -0.39 is 0 Å². The van der Waals surface area contributed by atoms with E-state index >= 15 is 0 Å². The molecule has 0 aliphatic rings. The number of thiazole rings is 1. The molecule has 0 aliphatic carbocycles. The van der Waals surface area contributed by atoms with Crippen LogP contribution in [0.4, 0.5) is 0 Å². The van der Waals surface area contributed by atoms with Crippen molar-refractivity contribution in [1.82, 2.24) is 20.0 Å². The number of aryl methyl sites for hydroxylation is 1. The molecule has 0 N–H and O–H groups in total. The zero-order valence-corrected chi connectivity index (χ0v) is 11.5. The molecule has 2 heterocycles. The van der Waals surface area contributed by atoms with Crippen LogP contribution in [0.15, 0.2) is 41.9 Å². The minimum Gasteiger partial charge on any atom is -0.296 e. The average Bonchev–Trinajstić information content (AvgIpc) is 3.14. The van der Waals surface area contributed by atoms with Gasteiger partial charge in [-0.15, -0.1) is 16.4 Å². The number of rotatable bonds is 5. The van der Waals surface area contributed by atoms with Crippen LogP contribution in [0, 0.1) is 0 Å². The second-order valence-corrected chi connectivity index (χ2v) is 5.12. The van der Waals surface area contributed by atoms with E-state index in [0.29, 0.717) is 12.1 Å². The Bertz CT molecular complexity index is 691. The lowest BCUT2D eigenvalue weighted by atomic mass is 10.1. The summed E-state index contributed by atoms with van der Waals surface area (Å²) in [4.78, 5) is 15.3. The lowest BCUT2D eigenvalue weighted by Gasteiger charge is -2.04. The molecule has 5 nitrogen and oxygen atoms in total. The quantitative estimate of drug-likeness (QED) is 0.675. The number of nitrogens with zero attached hydrogens (tertiary/aromatic N) is 4. The highest BCUT2D eigenvalue weighted by Gasteiger charge is 2.15. The predicted octanol–water partition coefficient (Wildman–Crippen LogP) is 2.32. The Morgan fingerprint density at radius 2 is 2.05 bits per heavy atom. The van der Waals surface area contributed by atoms with Crippen molar-refractivity contribution in [2.75, 3.05) is 0 Å². The van der Waals surface area contributed by atoms with Crippen molar-refractivity contribution in [2.45, 2.75) is 12.8 Å². The van der Waals surface area contributed by atoms with Gasteiger partial charge in [-0.3, -0.25) is 4.79 Å². The van der Waals surface area contributed by atoms with Gasteiger partial charge >= 0.3 is 0 Å². The van der Waals surface area contributed by atoms with E-state index in [1.165, 1.54) is 16.9 Å². The zero-order valence-electron chi connectivity index (χ0n) is 10.6. The van der Waals surface area contributed by atoms with Gasteiger partial charge in [0.25, 0.3) is 0 Å². The molecule has 0 fully saturated rings. The molecule has 1 aromatic carbocycles. The Labute approximate surface area is 119 Å². The third-order valence-electron chi connectivity index (χ3n) is 3.00. The number of hydrogen-bond donors (Lipinski definition) is 0. The predicted molar refractivity (Wildman–Crippen MR) is 76.3 cm³/mol. The van der Waals surface area contributed by atoms with Crippen LogP contribution in [0.5, 0.6) is 0 Å². The van der Waals surface area contributed by atoms with Gasteiger partial charge in [-0.2, -0.15) is 4.68 Å². The zero-order chi connectivity index (χ0) is 13.8. The first kappa shape index (κ1) is 12.7. The molecule has 0 unspecified atom stereocenters. The molecule has 0 aliphatic heterocycles. The number of carbonyl (C=O) groups excluding carboxylic acids is 1. The summed E-state index contributed by atoms with van der Waals surface area (Å²) in [6, 6.07) is 10.1. The third-order valence-corrected chi connectivity index (χ3v) is 3.75. The lowest BCUT2D eigenvalue weighted by molar-refractivity contribution is 0.111.